The van der Waals surface area contributed by atoms with Gasteiger partial charge in [0.25, 0.3) is 0 Å². The standard InChI is InChI=1S/C60H40N2O/c1-2-14-41(15-3-1)42-28-34-47(35-29-42)61(55-23-8-6-20-52(55)53-22-13-27-59-60(53)54-21-7-11-26-58(54)63-59)48-36-30-43(31-37-48)45-16-12-17-46(40-45)44-32-38-49(39-33-44)62-56-24-9-4-18-50(56)51-19-5-10-25-57(51)62/h1-40H. The number of rotatable bonds is 8. The Labute approximate surface area is 366 Å². The fourth-order valence-electron chi connectivity index (χ4n) is 9.44. The maximum absolute atomic E-state index is 6.37. The number of fused-ring (bicyclic) bond motifs is 6. The van der Waals surface area contributed by atoms with Gasteiger partial charge in [-0.3, -0.25) is 0 Å². The van der Waals surface area contributed by atoms with Gasteiger partial charge in [0.15, 0.2) is 0 Å². The summed E-state index contributed by atoms with van der Waals surface area (Å²) in [5, 5.41) is 4.77. The number of aromatic nitrogens is 1. The molecule has 0 bridgehead atoms. The van der Waals surface area contributed by atoms with Gasteiger partial charge in [-0.25, -0.2) is 0 Å². The van der Waals surface area contributed by atoms with Crippen molar-refractivity contribution in [3.8, 4) is 50.2 Å². The Balaban J connectivity index is 0.918. The molecule has 0 aliphatic heterocycles. The lowest BCUT2D eigenvalue weighted by molar-refractivity contribution is 0.669. The van der Waals surface area contributed by atoms with Crippen LogP contribution in [0.25, 0.3) is 93.9 Å². The van der Waals surface area contributed by atoms with Crippen LogP contribution < -0.4 is 4.90 Å². The predicted molar refractivity (Wildman–Crippen MR) is 264 cm³/mol. The second-order valence-electron chi connectivity index (χ2n) is 16.1. The molecule has 0 unspecified atom stereocenters. The van der Waals surface area contributed by atoms with E-state index in [1.807, 2.05) is 12.1 Å². The van der Waals surface area contributed by atoms with Crippen LogP contribution >= 0.6 is 0 Å². The molecule has 0 atom stereocenters. The lowest BCUT2D eigenvalue weighted by Gasteiger charge is -2.28. The van der Waals surface area contributed by atoms with E-state index < -0.39 is 0 Å². The summed E-state index contributed by atoms with van der Waals surface area (Å²) < 4.78 is 8.73. The van der Waals surface area contributed by atoms with Gasteiger partial charge >= 0.3 is 0 Å². The number of hydrogen-bond acceptors (Lipinski definition) is 2. The largest absolute Gasteiger partial charge is 0.456 e. The van der Waals surface area contributed by atoms with Crippen LogP contribution in [0.2, 0.25) is 0 Å². The Morgan fingerprint density at radius 2 is 0.778 bits per heavy atom. The third-order valence-corrected chi connectivity index (χ3v) is 12.4. The Bertz CT molecular complexity index is 3550. The Kier molecular flexibility index (Phi) is 8.83. The highest BCUT2D eigenvalue weighted by Gasteiger charge is 2.21. The normalized spacial score (nSPS) is 11.5. The molecule has 3 heteroatoms. The van der Waals surface area contributed by atoms with Gasteiger partial charge in [-0.15, -0.1) is 0 Å². The SMILES string of the molecule is c1ccc(-c2ccc(N(c3ccc(-c4cccc(-c5ccc(-n6c7ccccc7c7ccccc76)cc5)c4)cc3)c3ccccc3-c3cccc4oc5ccccc5c34)cc2)cc1. The number of furan rings is 1. The first-order valence-corrected chi connectivity index (χ1v) is 21.5. The number of para-hydroxylation sites is 4. The first kappa shape index (κ1) is 36.5. The van der Waals surface area contributed by atoms with Gasteiger partial charge in [-0.1, -0.05) is 170 Å². The van der Waals surface area contributed by atoms with Crippen molar-refractivity contribution in [1.82, 2.24) is 4.57 Å². The third-order valence-electron chi connectivity index (χ3n) is 12.4. The van der Waals surface area contributed by atoms with Crippen LogP contribution in [0.1, 0.15) is 0 Å². The summed E-state index contributed by atoms with van der Waals surface area (Å²) in [6, 6.07) is 87.0. The summed E-state index contributed by atoms with van der Waals surface area (Å²) in [4.78, 5) is 2.38. The van der Waals surface area contributed by atoms with E-state index in [2.05, 4.69) is 240 Å². The van der Waals surface area contributed by atoms with Crippen LogP contribution in [-0.2, 0) is 0 Å². The highest BCUT2D eigenvalue weighted by atomic mass is 16.3. The molecule has 12 rings (SSSR count). The molecule has 10 aromatic carbocycles. The van der Waals surface area contributed by atoms with E-state index in [1.165, 1.54) is 49.6 Å². The minimum absolute atomic E-state index is 0.882. The molecule has 2 aromatic heterocycles. The van der Waals surface area contributed by atoms with E-state index in [0.29, 0.717) is 0 Å². The lowest BCUT2D eigenvalue weighted by atomic mass is 9.96. The van der Waals surface area contributed by atoms with E-state index in [1.54, 1.807) is 0 Å². The van der Waals surface area contributed by atoms with Crippen molar-refractivity contribution in [2.75, 3.05) is 4.90 Å². The van der Waals surface area contributed by atoms with Crippen molar-refractivity contribution < 1.29 is 4.42 Å². The van der Waals surface area contributed by atoms with Crippen LogP contribution in [-0.4, -0.2) is 4.57 Å². The molecule has 0 amide bonds. The molecule has 296 valence electrons. The summed E-state index contributed by atoms with van der Waals surface area (Å²) in [7, 11) is 0. The molecule has 0 aliphatic rings. The van der Waals surface area contributed by atoms with Gasteiger partial charge in [0.1, 0.15) is 11.2 Å². The molecule has 0 saturated heterocycles. The third kappa shape index (κ3) is 6.38. The van der Waals surface area contributed by atoms with Gasteiger partial charge in [0, 0.05) is 44.2 Å². The minimum atomic E-state index is 0.882. The van der Waals surface area contributed by atoms with E-state index in [0.717, 1.165) is 61.4 Å². The molecule has 0 fully saturated rings. The van der Waals surface area contributed by atoms with Crippen molar-refractivity contribution in [3.63, 3.8) is 0 Å². The summed E-state index contributed by atoms with van der Waals surface area (Å²) in [5.74, 6) is 0. The smallest absolute Gasteiger partial charge is 0.136 e. The number of anilines is 3. The fourth-order valence-corrected chi connectivity index (χ4v) is 9.44. The monoisotopic (exact) mass is 804 g/mol. The van der Waals surface area contributed by atoms with Crippen molar-refractivity contribution in [3.05, 3.63) is 243 Å². The van der Waals surface area contributed by atoms with Crippen LogP contribution in [0.4, 0.5) is 17.1 Å². The molecule has 2 heterocycles. The van der Waals surface area contributed by atoms with Gasteiger partial charge in [0.2, 0.25) is 0 Å². The Morgan fingerprint density at radius 3 is 1.44 bits per heavy atom. The van der Waals surface area contributed by atoms with Gasteiger partial charge in [0.05, 0.1) is 16.7 Å². The predicted octanol–water partition coefficient (Wildman–Crippen LogP) is 16.8. The highest BCUT2D eigenvalue weighted by Crippen LogP contribution is 2.45. The quantitative estimate of drug-likeness (QED) is 0.153. The summed E-state index contributed by atoms with van der Waals surface area (Å²) in [5.41, 5.74) is 17.9. The molecule has 0 N–H and O–H groups in total. The van der Waals surface area contributed by atoms with E-state index in [-0.39, 0.29) is 0 Å². The topological polar surface area (TPSA) is 21.3 Å². The van der Waals surface area contributed by atoms with Crippen LogP contribution in [0.3, 0.4) is 0 Å². The first-order chi connectivity index (χ1) is 31.2. The van der Waals surface area contributed by atoms with Gasteiger partial charge < -0.3 is 13.9 Å². The van der Waals surface area contributed by atoms with Crippen LogP contribution in [0, 0.1) is 0 Å². The highest BCUT2D eigenvalue weighted by molar-refractivity contribution is 6.14. The van der Waals surface area contributed by atoms with Crippen LogP contribution in [0.15, 0.2) is 247 Å². The Morgan fingerprint density at radius 1 is 0.317 bits per heavy atom. The maximum atomic E-state index is 6.37. The Hall–Kier alpha value is -8.40. The van der Waals surface area contributed by atoms with Gasteiger partial charge in [-0.05, 0) is 112 Å². The van der Waals surface area contributed by atoms with E-state index in [9.17, 15) is 0 Å². The molecular weight excluding hydrogens is 765 g/mol. The lowest BCUT2D eigenvalue weighted by Crippen LogP contribution is -2.11. The van der Waals surface area contributed by atoms with Crippen molar-refractivity contribution in [2.45, 2.75) is 0 Å². The van der Waals surface area contributed by atoms with Gasteiger partial charge in [-0.2, -0.15) is 0 Å². The maximum Gasteiger partial charge on any atom is 0.136 e. The second-order valence-corrected chi connectivity index (χ2v) is 16.1. The summed E-state index contributed by atoms with van der Waals surface area (Å²) in [6.07, 6.45) is 0. The second kappa shape index (κ2) is 15.3. The molecule has 0 radical (unpaired) electrons. The molecule has 0 spiro atoms. The number of hydrogen-bond donors (Lipinski definition) is 0. The summed E-state index contributed by atoms with van der Waals surface area (Å²) >= 11 is 0. The van der Waals surface area contributed by atoms with Crippen molar-refractivity contribution in [2.24, 2.45) is 0 Å². The number of nitrogens with zero attached hydrogens (tertiary/aromatic N) is 2. The molecular formula is C60H40N2O. The molecule has 3 nitrogen and oxygen atoms in total. The zero-order valence-corrected chi connectivity index (χ0v) is 34.4. The van der Waals surface area contributed by atoms with Crippen molar-refractivity contribution in [1.29, 1.82) is 0 Å². The molecule has 12 aromatic rings. The minimum Gasteiger partial charge on any atom is -0.456 e. The van der Waals surface area contributed by atoms with E-state index >= 15 is 0 Å². The fraction of sp³-hybridized carbons (Fsp3) is 0. The summed E-state index contributed by atoms with van der Waals surface area (Å²) in [6.45, 7) is 0. The zero-order valence-electron chi connectivity index (χ0n) is 34.4. The molecule has 0 saturated carbocycles. The van der Waals surface area contributed by atoms with Crippen molar-refractivity contribution >= 4 is 60.8 Å². The average molecular weight is 805 g/mol. The first-order valence-electron chi connectivity index (χ1n) is 21.5. The van der Waals surface area contributed by atoms with Crippen LogP contribution in [0.5, 0.6) is 0 Å². The molecule has 63 heavy (non-hydrogen) atoms. The van der Waals surface area contributed by atoms with E-state index in [4.69, 9.17) is 4.42 Å². The average Bonchev–Trinajstić information content (AvgIpc) is 3.91. The molecule has 0 aliphatic carbocycles. The number of benzene rings is 10. The zero-order chi connectivity index (χ0) is 41.7.